The van der Waals surface area contributed by atoms with Crippen LogP contribution in [0.15, 0.2) is 65.6 Å². The number of hydrogen-bond donors (Lipinski definition) is 1. The van der Waals surface area contributed by atoms with Gasteiger partial charge in [-0.15, -0.1) is 6.58 Å². The van der Waals surface area contributed by atoms with E-state index in [1.54, 1.807) is 6.08 Å². The van der Waals surface area contributed by atoms with Crippen molar-refractivity contribution >= 4 is 5.97 Å². The second-order valence-electron chi connectivity index (χ2n) is 7.69. The Labute approximate surface area is 181 Å². The van der Waals surface area contributed by atoms with Gasteiger partial charge in [-0.05, 0) is 48.7 Å². The van der Waals surface area contributed by atoms with Crippen molar-refractivity contribution in [1.82, 2.24) is 9.88 Å². The van der Waals surface area contributed by atoms with E-state index in [9.17, 15) is 9.90 Å². The van der Waals surface area contributed by atoms with Gasteiger partial charge in [0.25, 0.3) is 0 Å². The summed E-state index contributed by atoms with van der Waals surface area (Å²) in [4.78, 5) is 18.1. The highest BCUT2D eigenvalue weighted by atomic mass is 16.5. The summed E-state index contributed by atoms with van der Waals surface area (Å²) in [6, 6.07) is 15.2. The number of ether oxygens (including phenoxy) is 1. The molecule has 0 fully saturated rings. The molecule has 31 heavy (non-hydrogen) atoms. The first kappa shape index (κ1) is 20.9. The fraction of sp³-hybridized carbons (Fsp3) is 0.280. The molecule has 0 saturated heterocycles. The van der Waals surface area contributed by atoms with E-state index in [-0.39, 0.29) is 0 Å². The van der Waals surface area contributed by atoms with Crippen molar-refractivity contribution in [2.75, 3.05) is 13.2 Å². The summed E-state index contributed by atoms with van der Waals surface area (Å²) in [5.41, 5.74) is 4.00. The van der Waals surface area contributed by atoms with E-state index < -0.39 is 12.0 Å². The molecule has 0 saturated carbocycles. The predicted octanol–water partition coefficient (Wildman–Crippen LogP) is 4.27. The minimum absolute atomic E-state index is 0.481. The van der Waals surface area contributed by atoms with E-state index in [4.69, 9.17) is 9.15 Å². The van der Waals surface area contributed by atoms with Crippen molar-refractivity contribution < 1.29 is 19.1 Å². The number of nitrogens with zero attached hydrogens (tertiary/aromatic N) is 2. The SMILES string of the molecule is C=CCN1Cc2cc(OCCc3nc(-c4ccccc4)oc3C)ccc2C[C@H]1C(=O)O. The summed E-state index contributed by atoms with van der Waals surface area (Å²) in [5.74, 6) is 1.39. The summed E-state index contributed by atoms with van der Waals surface area (Å²) < 4.78 is 11.8. The molecule has 4 rings (SSSR count). The van der Waals surface area contributed by atoms with Crippen LogP contribution in [0.5, 0.6) is 5.75 Å². The average molecular weight is 418 g/mol. The molecule has 2 aromatic carbocycles. The molecular weight excluding hydrogens is 392 g/mol. The fourth-order valence-corrected chi connectivity index (χ4v) is 3.94. The first-order chi connectivity index (χ1) is 15.0. The van der Waals surface area contributed by atoms with Crippen LogP contribution in [0.4, 0.5) is 0 Å². The Morgan fingerprint density at radius 3 is 2.84 bits per heavy atom. The van der Waals surface area contributed by atoms with E-state index >= 15 is 0 Å². The third-order valence-corrected chi connectivity index (χ3v) is 5.57. The second-order valence-corrected chi connectivity index (χ2v) is 7.69. The van der Waals surface area contributed by atoms with Gasteiger partial charge in [-0.3, -0.25) is 9.69 Å². The lowest BCUT2D eigenvalue weighted by Gasteiger charge is -2.33. The lowest BCUT2D eigenvalue weighted by molar-refractivity contribution is -0.143. The number of carboxylic acids is 1. The van der Waals surface area contributed by atoms with E-state index in [1.807, 2.05) is 60.4 Å². The number of benzene rings is 2. The first-order valence-corrected chi connectivity index (χ1v) is 10.4. The molecule has 0 amide bonds. The van der Waals surface area contributed by atoms with Crippen LogP contribution in [0.1, 0.15) is 22.6 Å². The van der Waals surface area contributed by atoms with E-state index in [0.29, 0.717) is 38.4 Å². The highest BCUT2D eigenvalue weighted by Gasteiger charge is 2.30. The van der Waals surface area contributed by atoms with Crippen LogP contribution >= 0.6 is 0 Å². The number of rotatable bonds is 8. The van der Waals surface area contributed by atoms with Gasteiger partial charge in [-0.1, -0.05) is 30.3 Å². The van der Waals surface area contributed by atoms with Gasteiger partial charge < -0.3 is 14.3 Å². The van der Waals surface area contributed by atoms with Gasteiger partial charge >= 0.3 is 5.97 Å². The summed E-state index contributed by atoms with van der Waals surface area (Å²) in [7, 11) is 0. The first-order valence-electron chi connectivity index (χ1n) is 10.4. The van der Waals surface area contributed by atoms with Crippen LogP contribution in [-0.4, -0.2) is 40.2 Å². The second kappa shape index (κ2) is 9.18. The lowest BCUT2D eigenvalue weighted by Crippen LogP contribution is -2.45. The maximum absolute atomic E-state index is 11.6. The Hall–Kier alpha value is -3.38. The van der Waals surface area contributed by atoms with Crippen LogP contribution in [-0.2, 0) is 24.2 Å². The van der Waals surface area contributed by atoms with Crippen molar-refractivity contribution in [1.29, 1.82) is 0 Å². The van der Waals surface area contributed by atoms with Crippen molar-refractivity contribution in [2.45, 2.75) is 32.4 Å². The molecule has 6 nitrogen and oxygen atoms in total. The zero-order valence-electron chi connectivity index (χ0n) is 17.6. The molecule has 2 heterocycles. The normalized spacial score (nSPS) is 16.0. The maximum Gasteiger partial charge on any atom is 0.321 e. The molecule has 1 N–H and O–H groups in total. The van der Waals surface area contributed by atoms with Crippen molar-refractivity contribution in [3.8, 4) is 17.2 Å². The number of aromatic nitrogens is 1. The molecule has 0 spiro atoms. The standard InChI is InChI=1S/C25H26N2O4/c1-3-12-27-16-20-14-21(10-9-19(20)15-23(27)25(28)29)30-13-11-22-17(2)31-24(26-22)18-7-5-4-6-8-18/h3-10,14,23H,1,11-13,15-16H2,2H3,(H,28,29)/t23-/m0/s1. The number of hydrogen-bond acceptors (Lipinski definition) is 5. The highest BCUT2D eigenvalue weighted by molar-refractivity contribution is 5.74. The van der Waals surface area contributed by atoms with Crippen molar-refractivity contribution in [3.63, 3.8) is 0 Å². The summed E-state index contributed by atoms with van der Waals surface area (Å²) in [5, 5.41) is 9.52. The zero-order valence-corrected chi connectivity index (χ0v) is 17.6. The van der Waals surface area contributed by atoms with Crippen molar-refractivity contribution in [3.05, 3.63) is 83.8 Å². The number of oxazole rings is 1. The Kier molecular flexibility index (Phi) is 6.18. The third kappa shape index (κ3) is 4.70. The smallest absolute Gasteiger partial charge is 0.321 e. The lowest BCUT2D eigenvalue weighted by atomic mass is 9.93. The molecule has 0 radical (unpaired) electrons. The van der Waals surface area contributed by atoms with Gasteiger partial charge in [0.1, 0.15) is 17.6 Å². The summed E-state index contributed by atoms with van der Waals surface area (Å²) >= 11 is 0. The van der Waals surface area contributed by atoms with Gasteiger partial charge in [0, 0.05) is 25.1 Å². The minimum Gasteiger partial charge on any atom is -0.493 e. The van der Waals surface area contributed by atoms with Crippen LogP contribution in [0.25, 0.3) is 11.5 Å². The molecular formula is C25H26N2O4. The fourth-order valence-electron chi connectivity index (χ4n) is 3.94. The molecule has 3 aromatic rings. The number of carboxylic acid groups (broad SMARTS) is 1. The molecule has 6 heteroatoms. The van der Waals surface area contributed by atoms with Crippen LogP contribution < -0.4 is 4.74 Å². The Balaban J connectivity index is 1.40. The van der Waals surface area contributed by atoms with Crippen LogP contribution in [0, 0.1) is 6.92 Å². The van der Waals surface area contributed by atoms with E-state index in [2.05, 4.69) is 11.6 Å². The van der Waals surface area contributed by atoms with Crippen LogP contribution in [0.2, 0.25) is 0 Å². The third-order valence-electron chi connectivity index (χ3n) is 5.57. The van der Waals surface area contributed by atoms with Gasteiger partial charge in [0.05, 0.1) is 12.3 Å². The molecule has 1 aliphatic rings. The number of aliphatic carboxylic acids is 1. The Bertz CT molecular complexity index is 1070. The predicted molar refractivity (Wildman–Crippen MR) is 118 cm³/mol. The minimum atomic E-state index is -0.800. The molecule has 0 unspecified atom stereocenters. The molecule has 0 bridgehead atoms. The summed E-state index contributed by atoms with van der Waals surface area (Å²) in [6.07, 6.45) is 2.87. The largest absolute Gasteiger partial charge is 0.493 e. The average Bonchev–Trinajstić information content (AvgIpc) is 3.14. The Morgan fingerprint density at radius 1 is 1.29 bits per heavy atom. The maximum atomic E-state index is 11.6. The highest BCUT2D eigenvalue weighted by Crippen LogP contribution is 2.28. The zero-order chi connectivity index (χ0) is 21.8. The number of carbonyl (C=O) groups is 1. The molecule has 160 valence electrons. The number of fused-ring (bicyclic) bond motifs is 1. The van der Waals surface area contributed by atoms with Gasteiger partial charge in [0.2, 0.25) is 5.89 Å². The van der Waals surface area contributed by atoms with Gasteiger partial charge in [-0.25, -0.2) is 4.98 Å². The Morgan fingerprint density at radius 2 is 2.10 bits per heavy atom. The van der Waals surface area contributed by atoms with E-state index in [0.717, 1.165) is 33.9 Å². The molecule has 1 aromatic heterocycles. The monoisotopic (exact) mass is 418 g/mol. The summed E-state index contributed by atoms with van der Waals surface area (Å²) in [6.45, 7) is 7.25. The van der Waals surface area contributed by atoms with Crippen LogP contribution in [0.3, 0.4) is 0 Å². The van der Waals surface area contributed by atoms with Crippen molar-refractivity contribution in [2.24, 2.45) is 0 Å². The van der Waals surface area contributed by atoms with Gasteiger partial charge in [0.15, 0.2) is 0 Å². The van der Waals surface area contributed by atoms with Gasteiger partial charge in [-0.2, -0.15) is 0 Å². The molecule has 1 atom stereocenters. The quantitative estimate of drug-likeness (QED) is 0.551. The molecule has 1 aliphatic heterocycles. The molecule has 0 aliphatic carbocycles. The topological polar surface area (TPSA) is 75.8 Å². The number of aryl methyl sites for hydroxylation is 1. The van der Waals surface area contributed by atoms with E-state index in [1.165, 1.54) is 0 Å².